The van der Waals surface area contributed by atoms with Crippen molar-refractivity contribution in [2.75, 3.05) is 11.9 Å². The van der Waals surface area contributed by atoms with Crippen molar-refractivity contribution in [1.29, 1.82) is 0 Å². The lowest BCUT2D eigenvalue weighted by Gasteiger charge is -2.20. The minimum Gasteiger partial charge on any atom is -0.481 e. The first-order valence-electron chi connectivity index (χ1n) is 8.45. The van der Waals surface area contributed by atoms with Crippen LogP contribution in [-0.2, 0) is 17.8 Å². The highest BCUT2D eigenvalue weighted by atomic mass is 16.4. The van der Waals surface area contributed by atoms with Crippen molar-refractivity contribution in [3.63, 3.8) is 0 Å². The van der Waals surface area contributed by atoms with Crippen molar-refractivity contribution in [2.45, 2.75) is 45.2 Å². The largest absolute Gasteiger partial charge is 0.481 e. The van der Waals surface area contributed by atoms with Crippen molar-refractivity contribution in [2.24, 2.45) is 0 Å². The number of hydrogen-bond acceptors (Lipinski definition) is 4. The molecule has 0 radical (unpaired) electrons. The van der Waals surface area contributed by atoms with E-state index in [0.29, 0.717) is 6.54 Å². The monoisotopic (exact) mass is 329 g/mol. The van der Waals surface area contributed by atoms with Gasteiger partial charge in [-0.1, -0.05) is 19.1 Å². The van der Waals surface area contributed by atoms with E-state index >= 15 is 0 Å². The second kappa shape index (κ2) is 7.05. The molecule has 0 spiro atoms. The summed E-state index contributed by atoms with van der Waals surface area (Å²) in [5.41, 5.74) is 3.62. The SMILES string of the molecule is CCC(CC(=O)O)NCc1ccc2c3c(c(=O)[nH]c2c1)CCCN3. The summed E-state index contributed by atoms with van der Waals surface area (Å²) >= 11 is 0. The molecule has 6 nitrogen and oxygen atoms in total. The Morgan fingerprint density at radius 3 is 3.00 bits per heavy atom. The van der Waals surface area contributed by atoms with E-state index in [1.54, 1.807) is 0 Å². The molecule has 4 N–H and O–H groups in total. The van der Waals surface area contributed by atoms with Gasteiger partial charge in [0.25, 0.3) is 5.56 Å². The standard InChI is InChI=1S/C18H23N3O3/c1-2-12(9-16(22)23)20-10-11-5-6-13-15(8-11)21-18(24)14-4-3-7-19-17(13)14/h5-6,8,12,19-20H,2-4,7,9-10H2,1H3,(H,21,24)(H,22,23). The van der Waals surface area contributed by atoms with Crippen molar-refractivity contribution >= 4 is 22.6 Å². The summed E-state index contributed by atoms with van der Waals surface area (Å²) in [6.45, 7) is 3.44. The van der Waals surface area contributed by atoms with Crippen LogP contribution >= 0.6 is 0 Å². The van der Waals surface area contributed by atoms with E-state index in [2.05, 4.69) is 15.6 Å². The summed E-state index contributed by atoms with van der Waals surface area (Å²) in [6.07, 6.45) is 2.66. The lowest BCUT2D eigenvalue weighted by atomic mass is 10.0. The molecule has 1 aromatic heterocycles. The Labute approximate surface area is 140 Å². The second-order valence-electron chi connectivity index (χ2n) is 6.30. The van der Waals surface area contributed by atoms with Crippen LogP contribution in [0.1, 0.15) is 37.3 Å². The number of carboxylic acids is 1. The number of hydrogen-bond donors (Lipinski definition) is 4. The van der Waals surface area contributed by atoms with Gasteiger partial charge < -0.3 is 20.7 Å². The Kier molecular flexibility index (Phi) is 4.85. The highest BCUT2D eigenvalue weighted by molar-refractivity contribution is 5.93. The Morgan fingerprint density at radius 2 is 2.25 bits per heavy atom. The molecule has 1 atom stereocenters. The van der Waals surface area contributed by atoms with Crippen LogP contribution in [0.4, 0.5) is 5.69 Å². The van der Waals surface area contributed by atoms with Crippen molar-refractivity contribution in [3.8, 4) is 0 Å². The number of benzene rings is 1. The molecule has 0 fully saturated rings. The van der Waals surface area contributed by atoms with Crippen LogP contribution in [0.25, 0.3) is 10.9 Å². The molecule has 1 aromatic carbocycles. The maximum atomic E-state index is 12.2. The van der Waals surface area contributed by atoms with Gasteiger partial charge in [-0.2, -0.15) is 0 Å². The quantitative estimate of drug-likeness (QED) is 0.652. The molecule has 0 amide bonds. The Balaban J connectivity index is 1.84. The molecule has 0 bridgehead atoms. The van der Waals surface area contributed by atoms with Gasteiger partial charge in [0.15, 0.2) is 0 Å². The molecule has 1 aliphatic rings. The summed E-state index contributed by atoms with van der Waals surface area (Å²) in [7, 11) is 0. The summed E-state index contributed by atoms with van der Waals surface area (Å²) in [5.74, 6) is -0.796. The predicted octanol–water partition coefficient (Wildman–Crippen LogP) is 2.23. The van der Waals surface area contributed by atoms with E-state index in [1.165, 1.54) is 0 Å². The smallest absolute Gasteiger partial charge is 0.304 e. The molecule has 2 aromatic rings. The Bertz CT molecular complexity index is 813. The first-order chi connectivity index (χ1) is 11.6. The number of aliphatic carboxylic acids is 1. The average molecular weight is 329 g/mol. The van der Waals surface area contributed by atoms with Gasteiger partial charge in [-0.15, -0.1) is 0 Å². The fourth-order valence-electron chi connectivity index (χ4n) is 3.25. The third-order valence-electron chi connectivity index (χ3n) is 4.59. The van der Waals surface area contributed by atoms with Gasteiger partial charge in [0.05, 0.1) is 17.6 Å². The molecule has 6 heteroatoms. The van der Waals surface area contributed by atoms with E-state index in [-0.39, 0.29) is 18.0 Å². The average Bonchev–Trinajstić information content (AvgIpc) is 2.58. The fraction of sp³-hybridized carbons (Fsp3) is 0.444. The van der Waals surface area contributed by atoms with Gasteiger partial charge in [0.2, 0.25) is 0 Å². The third kappa shape index (κ3) is 3.43. The molecular formula is C18H23N3O3. The molecule has 128 valence electrons. The zero-order valence-corrected chi connectivity index (χ0v) is 13.8. The highest BCUT2D eigenvalue weighted by Crippen LogP contribution is 2.27. The summed E-state index contributed by atoms with van der Waals surface area (Å²) in [5, 5.41) is 16.6. The number of anilines is 1. The van der Waals surface area contributed by atoms with Crippen LogP contribution < -0.4 is 16.2 Å². The summed E-state index contributed by atoms with van der Waals surface area (Å²) in [4.78, 5) is 26.1. The molecule has 24 heavy (non-hydrogen) atoms. The van der Waals surface area contributed by atoms with Gasteiger partial charge in [-0.3, -0.25) is 9.59 Å². The number of H-pyrrole nitrogens is 1. The molecule has 3 rings (SSSR count). The number of fused-ring (bicyclic) bond motifs is 3. The summed E-state index contributed by atoms with van der Waals surface area (Å²) < 4.78 is 0. The lowest BCUT2D eigenvalue weighted by molar-refractivity contribution is -0.137. The van der Waals surface area contributed by atoms with Crippen LogP contribution in [0.2, 0.25) is 0 Å². The van der Waals surface area contributed by atoms with Crippen molar-refractivity contribution in [3.05, 3.63) is 39.7 Å². The number of rotatable bonds is 6. The first-order valence-corrected chi connectivity index (χ1v) is 8.45. The highest BCUT2D eigenvalue weighted by Gasteiger charge is 2.16. The van der Waals surface area contributed by atoms with Gasteiger partial charge in [0.1, 0.15) is 0 Å². The van der Waals surface area contributed by atoms with Crippen LogP contribution in [0.15, 0.2) is 23.0 Å². The number of nitrogens with one attached hydrogen (secondary N) is 3. The fourth-order valence-corrected chi connectivity index (χ4v) is 3.25. The maximum Gasteiger partial charge on any atom is 0.304 e. The second-order valence-corrected chi connectivity index (χ2v) is 6.30. The van der Waals surface area contributed by atoms with Gasteiger partial charge in [-0.25, -0.2) is 0 Å². The van der Waals surface area contributed by atoms with Crippen LogP contribution in [-0.4, -0.2) is 28.6 Å². The van der Waals surface area contributed by atoms with E-state index in [0.717, 1.165) is 53.5 Å². The molecular weight excluding hydrogens is 306 g/mol. The number of carboxylic acid groups (broad SMARTS) is 1. The minimum absolute atomic E-state index is 0.0212. The van der Waals surface area contributed by atoms with Crippen molar-refractivity contribution < 1.29 is 9.90 Å². The molecule has 1 aliphatic heterocycles. The number of carbonyl (C=O) groups is 1. The van der Waals surface area contributed by atoms with Crippen molar-refractivity contribution in [1.82, 2.24) is 10.3 Å². The number of aromatic amines is 1. The number of pyridine rings is 1. The van der Waals surface area contributed by atoms with Gasteiger partial charge in [-0.05, 0) is 30.9 Å². The van der Waals surface area contributed by atoms with Crippen LogP contribution in [0.5, 0.6) is 0 Å². The van der Waals surface area contributed by atoms with Gasteiger partial charge >= 0.3 is 5.97 Å². The molecule has 0 aliphatic carbocycles. The van der Waals surface area contributed by atoms with Gasteiger partial charge in [0, 0.05) is 30.1 Å². The van der Waals surface area contributed by atoms with E-state index in [9.17, 15) is 9.59 Å². The van der Waals surface area contributed by atoms with E-state index in [1.807, 2.05) is 25.1 Å². The van der Waals surface area contributed by atoms with Crippen LogP contribution in [0, 0.1) is 0 Å². The lowest BCUT2D eigenvalue weighted by Crippen LogP contribution is -2.30. The normalized spacial score (nSPS) is 14.9. The zero-order valence-electron chi connectivity index (χ0n) is 13.8. The molecule has 2 heterocycles. The third-order valence-corrected chi connectivity index (χ3v) is 4.59. The topological polar surface area (TPSA) is 94.2 Å². The van der Waals surface area contributed by atoms with E-state index in [4.69, 9.17) is 5.11 Å². The number of aromatic nitrogens is 1. The Morgan fingerprint density at radius 1 is 1.42 bits per heavy atom. The van der Waals surface area contributed by atoms with E-state index < -0.39 is 5.97 Å². The predicted molar refractivity (Wildman–Crippen MR) is 94.6 cm³/mol. The minimum atomic E-state index is -0.796. The maximum absolute atomic E-state index is 12.2. The first kappa shape index (κ1) is 16.5. The molecule has 0 saturated heterocycles. The van der Waals surface area contributed by atoms with Crippen LogP contribution in [0.3, 0.4) is 0 Å². The zero-order chi connectivity index (χ0) is 17.1. The Hall–Kier alpha value is -2.34. The summed E-state index contributed by atoms with van der Waals surface area (Å²) in [6, 6.07) is 5.96. The molecule has 0 saturated carbocycles. The molecule has 1 unspecified atom stereocenters.